The minimum absolute atomic E-state index is 0.0163. The molecule has 0 saturated heterocycles. The molecule has 1 rings (SSSR count). The van der Waals surface area contributed by atoms with E-state index in [9.17, 15) is 14.0 Å². The summed E-state index contributed by atoms with van der Waals surface area (Å²) < 4.78 is 12.9. The third-order valence-corrected chi connectivity index (χ3v) is 1.69. The van der Waals surface area contributed by atoms with Gasteiger partial charge in [0.25, 0.3) is 0 Å². The van der Waals surface area contributed by atoms with Crippen molar-refractivity contribution in [1.82, 2.24) is 0 Å². The largest absolute Gasteiger partial charge is 0.298 e. The van der Waals surface area contributed by atoms with Gasteiger partial charge in [0, 0.05) is 5.56 Å². The SMILES string of the molecule is O=C=Nc1cc(C=O)c(Cl)cc1F. The highest BCUT2D eigenvalue weighted by molar-refractivity contribution is 6.33. The van der Waals surface area contributed by atoms with Crippen LogP contribution in [0, 0.1) is 5.82 Å². The van der Waals surface area contributed by atoms with E-state index in [0.717, 1.165) is 12.1 Å². The molecule has 0 aliphatic rings. The second kappa shape index (κ2) is 3.94. The van der Waals surface area contributed by atoms with E-state index in [-0.39, 0.29) is 16.3 Å². The van der Waals surface area contributed by atoms with E-state index in [2.05, 4.69) is 4.99 Å². The zero-order chi connectivity index (χ0) is 9.84. The van der Waals surface area contributed by atoms with Crippen LogP contribution in [0.15, 0.2) is 17.1 Å². The summed E-state index contributed by atoms with van der Waals surface area (Å²) in [6.07, 6.45) is 1.62. The summed E-state index contributed by atoms with van der Waals surface area (Å²) in [6.45, 7) is 0. The van der Waals surface area contributed by atoms with Crippen molar-refractivity contribution < 1.29 is 14.0 Å². The van der Waals surface area contributed by atoms with Crippen molar-refractivity contribution >= 4 is 29.7 Å². The van der Waals surface area contributed by atoms with Crippen LogP contribution in [0.5, 0.6) is 0 Å². The van der Waals surface area contributed by atoms with E-state index < -0.39 is 5.82 Å². The number of nitrogens with zero attached hydrogens (tertiary/aromatic N) is 1. The number of carbonyl (C=O) groups is 1. The summed E-state index contributed by atoms with van der Waals surface area (Å²) in [7, 11) is 0. The average molecular weight is 200 g/mol. The van der Waals surface area contributed by atoms with Crippen LogP contribution in [-0.2, 0) is 4.79 Å². The molecule has 0 aromatic heterocycles. The quantitative estimate of drug-likeness (QED) is 0.417. The van der Waals surface area contributed by atoms with Crippen LogP contribution in [0.25, 0.3) is 0 Å². The summed E-state index contributed by atoms with van der Waals surface area (Å²) in [5, 5.41) is -0.0163. The Kier molecular flexibility index (Phi) is 2.90. The molecule has 0 heterocycles. The third kappa shape index (κ3) is 1.99. The highest BCUT2D eigenvalue weighted by Crippen LogP contribution is 2.24. The van der Waals surface area contributed by atoms with Gasteiger partial charge in [-0.15, -0.1) is 0 Å². The first-order chi connectivity index (χ1) is 6.19. The average Bonchev–Trinajstić information content (AvgIpc) is 2.10. The number of rotatable bonds is 2. The fraction of sp³-hybridized carbons (Fsp3) is 0. The molecule has 0 aliphatic heterocycles. The molecular weight excluding hydrogens is 197 g/mol. The van der Waals surface area contributed by atoms with Crippen molar-refractivity contribution in [3.05, 3.63) is 28.5 Å². The lowest BCUT2D eigenvalue weighted by molar-refractivity contribution is 0.112. The number of benzene rings is 1. The Morgan fingerprint density at radius 3 is 2.77 bits per heavy atom. The van der Waals surface area contributed by atoms with E-state index in [1.165, 1.54) is 6.08 Å². The molecule has 5 heteroatoms. The van der Waals surface area contributed by atoms with Crippen LogP contribution < -0.4 is 0 Å². The minimum atomic E-state index is -0.765. The van der Waals surface area contributed by atoms with Gasteiger partial charge in [0.15, 0.2) is 12.1 Å². The van der Waals surface area contributed by atoms with Crippen molar-refractivity contribution in [3.63, 3.8) is 0 Å². The molecule has 0 bridgehead atoms. The van der Waals surface area contributed by atoms with E-state index in [0.29, 0.717) is 6.29 Å². The lowest BCUT2D eigenvalue weighted by atomic mass is 10.2. The zero-order valence-electron chi connectivity index (χ0n) is 6.25. The van der Waals surface area contributed by atoms with E-state index in [1.54, 1.807) is 0 Å². The van der Waals surface area contributed by atoms with Gasteiger partial charge < -0.3 is 0 Å². The first-order valence-electron chi connectivity index (χ1n) is 3.21. The fourth-order valence-electron chi connectivity index (χ4n) is 0.779. The molecule has 0 amide bonds. The summed E-state index contributed by atoms with van der Waals surface area (Å²) in [5.41, 5.74) is -0.168. The molecule has 0 unspecified atom stereocenters. The van der Waals surface area contributed by atoms with E-state index in [1.807, 2.05) is 0 Å². The van der Waals surface area contributed by atoms with Gasteiger partial charge in [0.05, 0.1) is 5.02 Å². The Morgan fingerprint density at radius 1 is 1.54 bits per heavy atom. The molecule has 1 aromatic carbocycles. The maximum Gasteiger partial charge on any atom is 0.240 e. The lowest BCUT2D eigenvalue weighted by Crippen LogP contribution is -1.84. The predicted octanol–water partition coefficient (Wildman–Crippen LogP) is 2.26. The molecule has 1 aromatic rings. The molecule has 3 nitrogen and oxygen atoms in total. The van der Waals surface area contributed by atoms with Gasteiger partial charge in [-0.2, -0.15) is 4.99 Å². The topological polar surface area (TPSA) is 46.5 Å². The second-order valence-corrected chi connectivity index (χ2v) is 2.55. The van der Waals surface area contributed by atoms with Crippen LogP contribution in [-0.4, -0.2) is 12.4 Å². The van der Waals surface area contributed by atoms with Crippen molar-refractivity contribution in [2.45, 2.75) is 0 Å². The summed E-state index contributed by atoms with van der Waals surface area (Å²) in [4.78, 5) is 23.2. The number of carbonyl (C=O) groups excluding carboxylic acids is 2. The molecule has 0 saturated carbocycles. The monoisotopic (exact) mass is 199 g/mol. The molecule has 0 N–H and O–H groups in total. The minimum Gasteiger partial charge on any atom is -0.298 e. The van der Waals surface area contributed by atoms with Gasteiger partial charge in [-0.05, 0) is 12.1 Å². The first-order valence-corrected chi connectivity index (χ1v) is 3.59. The van der Waals surface area contributed by atoms with Crippen molar-refractivity contribution in [3.8, 4) is 0 Å². The van der Waals surface area contributed by atoms with Gasteiger partial charge in [0.1, 0.15) is 5.69 Å². The van der Waals surface area contributed by atoms with Crippen LogP contribution in [0.4, 0.5) is 10.1 Å². The smallest absolute Gasteiger partial charge is 0.240 e. The molecule has 0 radical (unpaired) electrons. The fourth-order valence-corrected chi connectivity index (χ4v) is 0.974. The number of isocyanates is 1. The molecule has 0 aliphatic carbocycles. The Labute approximate surface area is 77.8 Å². The summed E-state index contributed by atoms with van der Waals surface area (Å²) >= 11 is 5.49. The van der Waals surface area contributed by atoms with Gasteiger partial charge in [-0.25, -0.2) is 9.18 Å². The Morgan fingerprint density at radius 2 is 2.23 bits per heavy atom. The van der Waals surface area contributed by atoms with E-state index >= 15 is 0 Å². The van der Waals surface area contributed by atoms with E-state index in [4.69, 9.17) is 11.6 Å². The van der Waals surface area contributed by atoms with Crippen molar-refractivity contribution in [1.29, 1.82) is 0 Å². The summed E-state index contributed by atoms with van der Waals surface area (Å²) in [6, 6.07) is 2.00. The lowest BCUT2D eigenvalue weighted by Gasteiger charge is -1.98. The Hall–Kier alpha value is -1.51. The molecular formula is C8H3ClFNO2. The third-order valence-electron chi connectivity index (χ3n) is 1.36. The van der Waals surface area contributed by atoms with Crippen molar-refractivity contribution in [2.24, 2.45) is 4.99 Å². The molecule has 0 atom stereocenters. The van der Waals surface area contributed by atoms with Crippen LogP contribution in [0.2, 0.25) is 5.02 Å². The maximum atomic E-state index is 12.9. The number of hydrogen-bond donors (Lipinski definition) is 0. The van der Waals surface area contributed by atoms with Gasteiger partial charge in [0.2, 0.25) is 6.08 Å². The molecule has 0 spiro atoms. The van der Waals surface area contributed by atoms with Crippen LogP contribution in [0.1, 0.15) is 10.4 Å². The zero-order valence-corrected chi connectivity index (χ0v) is 7.01. The first kappa shape index (κ1) is 9.58. The number of aliphatic imine (C=N–C) groups is 1. The normalized spacial score (nSPS) is 9.08. The Bertz CT molecular complexity index is 399. The molecule has 66 valence electrons. The maximum absolute atomic E-state index is 12.9. The van der Waals surface area contributed by atoms with Gasteiger partial charge >= 0.3 is 0 Å². The predicted molar refractivity (Wildman–Crippen MR) is 44.6 cm³/mol. The molecule has 0 fully saturated rings. The van der Waals surface area contributed by atoms with Crippen LogP contribution in [0.3, 0.4) is 0 Å². The number of aldehydes is 1. The summed E-state index contributed by atoms with van der Waals surface area (Å²) in [5.74, 6) is -0.765. The van der Waals surface area contributed by atoms with Gasteiger partial charge in [-0.3, -0.25) is 4.79 Å². The Balaban J connectivity index is 3.37. The van der Waals surface area contributed by atoms with Gasteiger partial charge in [-0.1, -0.05) is 11.6 Å². The van der Waals surface area contributed by atoms with Crippen molar-refractivity contribution in [2.75, 3.05) is 0 Å². The highest BCUT2D eigenvalue weighted by atomic mass is 35.5. The number of hydrogen-bond acceptors (Lipinski definition) is 3. The van der Waals surface area contributed by atoms with Crippen LogP contribution >= 0.6 is 11.6 Å². The highest BCUT2D eigenvalue weighted by Gasteiger charge is 2.06. The number of halogens is 2. The second-order valence-electron chi connectivity index (χ2n) is 2.15. The molecule has 13 heavy (non-hydrogen) atoms. The standard InChI is InChI=1S/C8H3ClFNO2/c9-6-2-7(10)8(11-4-13)1-5(6)3-12/h1-3H.